The maximum absolute atomic E-state index is 4.49. The molecular formula is C32H22N2S. The third-order valence-electron chi connectivity index (χ3n) is 7.91. The summed E-state index contributed by atoms with van der Waals surface area (Å²) in [4.78, 5) is 4.49. The Labute approximate surface area is 207 Å². The van der Waals surface area contributed by atoms with Crippen LogP contribution < -0.4 is 0 Å². The first-order valence-corrected chi connectivity index (χ1v) is 12.9. The van der Waals surface area contributed by atoms with Crippen LogP contribution in [-0.4, -0.2) is 9.55 Å². The average Bonchev–Trinajstić information content (AvgIpc) is 3.55. The van der Waals surface area contributed by atoms with Crippen LogP contribution in [0, 0.1) is 0 Å². The van der Waals surface area contributed by atoms with E-state index in [9.17, 15) is 0 Å². The lowest BCUT2D eigenvalue weighted by Crippen LogP contribution is -2.15. The predicted molar refractivity (Wildman–Crippen MR) is 149 cm³/mol. The van der Waals surface area contributed by atoms with Gasteiger partial charge in [-0.25, -0.2) is 4.98 Å². The van der Waals surface area contributed by atoms with Gasteiger partial charge in [0.2, 0.25) is 0 Å². The van der Waals surface area contributed by atoms with Crippen molar-refractivity contribution in [2.45, 2.75) is 19.3 Å². The second kappa shape index (κ2) is 6.59. The van der Waals surface area contributed by atoms with Crippen molar-refractivity contribution in [3.8, 4) is 16.8 Å². The van der Waals surface area contributed by atoms with Gasteiger partial charge in [-0.15, -0.1) is 11.3 Å². The van der Waals surface area contributed by atoms with E-state index in [2.05, 4.69) is 114 Å². The highest BCUT2D eigenvalue weighted by Crippen LogP contribution is 2.55. The normalized spacial score (nSPS) is 14.2. The minimum Gasteiger partial charge on any atom is -0.309 e. The van der Waals surface area contributed by atoms with Crippen molar-refractivity contribution in [3.63, 3.8) is 0 Å². The third kappa shape index (κ3) is 2.41. The molecule has 1 aliphatic carbocycles. The molecule has 0 saturated heterocycles. The van der Waals surface area contributed by atoms with Crippen LogP contribution in [0.25, 0.3) is 59.6 Å². The maximum Gasteiger partial charge on any atom is 0.0813 e. The molecular weight excluding hydrogens is 444 g/mol. The molecule has 2 heterocycles. The molecule has 0 N–H and O–H groups in total. The standard InChI is InChI=1S/C32H22N2S/c1-32(2)24-14-16-27-30(29(24)23-13-11-19-7-3-4-8-21(19)31(23)32)22-9-5-6-10-26(22)34(27)20-12-15-25-28(17-20)35-18-33-25/h3-18H,1-2H3. The first-order chi connectivity index (χ1) is 17.1. The second-order valence-corrected chi connectivity index (χ2v) is 11.0. The molecule has 2 aromatic heterocycles. The van der Waals surface area contributed by atoms with Crippen molar-refractivity contribution in [3.05, 3.63) is 108 Å². The number of benzene rings is 5. The second-order valence-electron chi connectivity index (χ2n) is 10.1. The van der Waals surface area contributed by atoms with Crippen molar-refractivity contribution in [1.29, 1.82) is 0 Å². The average molecular weight is 467 g/mol. The number of thiazole rings is 1. The first-order valence-electron chi connectivity index (χ1n) is 12.1. The van der Waals surface area contributed by atoms with Gasteiger partial charge >= 0.3 is 0 Å². The van der Waals surface area contributed by atoms with Gasteiger partial charge in [-0.3, -0.25) is 0 Å². The predicted octanol–water partition coefficient (Wildman–Crippen LogP) is 8.85. The van der Waals surface area contributed by atoms with Crippen LogP contribution in [0.2, 0.25) is 0 Å². The summed E-state index contributed by atoms with van der Waals surface area (Å²) in [7, 11) is 0. The Morgan fingerprint density at radius 3 is 2.51 bits per heavy atom. The monoisotopic (exact) mass is 466 g/mol. The van der Waals surface area contributed by atoms with Crippen LogP contribution >= 0.6 is 11.3 Å². The summed E-state index contributed by atoms with van der Waals surface area (Å²) in [5.41, 5.74) is 12.2. The highest BCUT2D eigenvalue weighted by molar-refractivity contribution is 7.16. The Morgan fingerprint density at radius 2 is 1.60 bits per heavy atom. The molecule has 0 aliphatic heterocycles. The summed E-state index contributed by atoms with van der Waals surface area (Å²) < 4.78 is 3.64. The fourth-order valence-corrected chi connectivity index (χ4v) is 7.12. The van der Waals surface area contributed by atoms with E-state index in [1.165, 1.54) is 65.2 Å². The molecule has 0 atom stereocenters. The minimum absolute atomic E-state index is 0.0650. The number of hydrogen-bond acceptors (Lipinski definition) is 2. The van der Waals surface area contributed by atoms with Crippen molar-refractivity contribution >= 4 is 54.1 Å². The zero-order valence-corrected chi connectivity index (χ0v) is 20.4. The smallest absolute Gasteiger partial charge is 0.0813 e. The number of nitrogens with zero attached hydrogens (tertiary/aromatic N) is 2. The van der Waals surface area contributed by atoms with E-state index >= 15 is 0 Å². The van der Waals surface area contributed by atoms with E-state index in [4.69, 9.17) is 0 Å². The van der Waals surface area contributed by atoms with Crippen LogP contribution in [0.1, 0.15) is 25.0 Å². The topological polar surface area (TPSA) is 17.8 Å². The largest absolute Gasteiger partial charge is 0.309 e. The summed E-state index contributed by atoms with van der Waals surface area (Å²) in [5, 5.41) is 5.33. The molecule has 0 bridgehead atoms. The van der Waals surface area contributed by atoms with Crippen molar-refractivity contribution in [1.82, 2.24) is 9.55 Å². The fraction of sp³-hybridized carbons (Fsp3) is 0.0938. The molecule has 35 heavy (non-hydrogen) atoms. The van der Waals surface area contributed by atoms with Crippen molar-refractivity contribution < 1.29 is 0 Å². The first kappa shape index (κ1) is 19.4. The van der Waals surface area contributed by atoms with Gasteiger partial charge in [0.1, 0.15) is 0 Å². The van der Waals surface area contributed by atoms with E-state index in [0.29, 0.717) is 0 Å². The zero-order valence-electron chi connectivity index (χ0n) is 19.5. The SMILES string of the molecule is CC1(C)c2ccc3c(c2-c2ccc4ccccc4c21)c1ccccc1n3-c1ccc2ncsc2c1. The van der Waals surface area contributed by atoms with Crippen molar-refractivity contribution in [2.24, 2.45) is 0 Å². The zero-order chi connectivity index (χ0) is 23.3. The van der Waals surface area contributed by atoms with Gasteiger partial charge in [0.15, 0.2) is 0 Å². The summed E-state index contributed by atoms with van der Waals surface area (Å²) in [6.07, 6.45) is 0. The lowest BCUT2D eigenvalue weighted by molar-refractivity contribution is 0.666. The number of hydrogen-bond donors (Lipinski definition) is 0. The number of para-hydroxylation sites is 1. The Bertz CT molecular complexity index is 1990. The molecule has 2 nitrogen and oxygen atoms in total. The molecule has 0 saturated carbocycles. The molecule has 5 aromatic carbocycles. The molecule has 0 amide bonds. The summed E-state index contributed by atoms with van der Waals surface area (Å²) in [5.74, 6) is 0. The van der Waals surface area contributed by atoms with Gasteiger partial charge in [0, 0.05) is 21.9 Å². The van der Waals surface area contributed by atoms with Crippen LogP contribution in [0.5, 0.6) is 0 Å². The van der Waals surface area contributed by atoms with Gasteiger partial charge in [0.25, 0.3) is 0 Å². The fourth-order valence-electron chi connectivity index (χ4n) is 6.41. The van der Waals surface area contributed by atoms with Crippen LogP contribution in [0.15, 0.2) is 96.5 Å². The summed E-state index contributed by atoms with van der Waals surface area (Å²) >= 11 is 1.70. The Kier molecular flexibility index (Phi) is 3.64. The van der Waals surface area contributed by atoms with Crippen LogP contribution in [0.3, 0.4) is 0 Å². The number of rotatable bonds is 1. The number of fused-ring (bicyclic) bond motifs is 10. The maximum atomic E-state index is 4.49. The molecule has 8 rings (SSSR count). The molecule has 166 valence electrons. The Balaban J connectivity index is 1.55. The molecule has 0 fully saturated rings. The highest BCUT2D eigenvalue weighted by Gasteiger charge is 2.38. The molecule has 3 heteroatoms. The van der Waals surface area contributed by atoms with E-state index in [0.717, 1.165) is 5.52 Å². The van der Waals surface area contributed by atoms with E-state index in [1.54, 1.807) is 11.3 Å². The van der Waals surface area contributed by atoms with Gasteiger partial charge in [-0.2, -0.15) is 0 Å². The lowest BCUT2D eigenvalue weighted by Gasteiger charge is -2.23. The minimum atomic E-state index is -0.0650. The molecule has 0 radical (unpaired) electrons. The van der Waals surface area contributed by atoms with Crippen LogP contribution in [-0.2, 0) is 5.41 Å². The van der Waals surface area contributed by atoms with Gasteiger partial charge in [-0.05, 0) is 63.4 Å². The van der Waals surface area contributed by atoms with E-state index in [-0.39, 0.29) is 5.41 Å². The summed E-state index contributed by atoms with van der Waals surface area (Å²) in [6.45, 7) is 4.76. The molecule has 1 aliphatic rings. The van der Waals surface area contributed by atoms with Crippen LogP contribution in [0.4, 0.5) is 0 Å². The third-order valence-corrected chi connectivity index (χ3v) is 8.70. The van der Waals surface area contributed by atoms with Gasteiger partial charge < -0.3 is 4.57 Å². The van der Waals surface area contributed by atoms with Gasteiger partial charge in [-0.1, -0.05) is 74.5 Å². The molecule has 0 unspecified atom stereocenters. The van der Waals surface area contributed by atoms with E-state index < -0.39 is 0 Å². The number of aromatic nitrogens is 2. The molecule has 0 spiro atoms. The highest BCUT2D eigenvalue weighted by atomic mass is 32.1. The molecule has 7 aromatic rings. The van der Waals surface area contributed by atoms with Crippen molar-refractivity contribution in [2.75, 3.05) is 0 Å². The Morgan fingerprint density at radius 1 is 0.771 bits per heavy atom. The van der Waals surface area contributed by atoms with Gasteiger partial charge in [0.05, 0.1) is 26.8 Å². The quantitative estimate of drug-likeness (QED) is 0.236. The summed E-state index contributed by atoms with van der Waals surface area (Å²) in [6, 6.07) is 33.6. The lowest BCUT2D eigenvalue weighted by atomic mass is 9.80. The van der Waals surface area contributed by atoms with E-state index in [1.807, 2.05) is 5.51 Å². The Hall–Kier alpha value is -3.95.